The Labute approximate surface area is 141 Å². The summed E-state index contributed by atoms with van der Waals surface area (Å²) in [5.74, 6) is -4.82. The Morgan fingerprint density at radius 1 is 1.08 bits per heavy atom. The van der Waals surface area contributed by atoms with Crippen molar-refractivity contribution in [3.8, 4) is 0 Å². The van der Waals surface area contributed by atoms with Crippen LogP contribution in [-0.4, -0.2) is 23.9 Å². The maximum atomic E-state index is 12.9. The summed E-state index contributed by atoms with van der Waals surface area (Å²) >= 11 is 0. The van der Waals surface area contributed by atoms with Crippen molar-refractivity contribution in [3.05, 3.63) is 54.0 Å². The highest BCUT2D eigenvalue weighted by Gasteiger charge is 2.45. The minimum Gasteiger partial charge on any atom is -0.432 e. The van der Waals surface area contributed by atoms with Crippen molar-refractivity contribution in [2.75, 3.05) is 5.32 Å². The lowest BCUT2D eigenvalue weighted by atomic mass is 9.96. The van der Waals surface area contributed by atoms with E-state index in [0.717, 1.165) is 12.3 Å². The van der Waals surface area contributed by atoms with E-state index in [1.165, 1.54) is 12.3 Å². The molecular formula is C16H8F6N2O2. The molecule has 1 aromatic carbocycles. The summed E-state index contributed by atoms with van der Waals surface area (Å²) < 4.78 is 77.0. The van der Waals surface area contributed by atoms with Crippen molar-refractivity contribution in [1.29, 1.82) is 0 Å². The molecule has 0 spiro atoms. The van der Waals surface area contributed by atoms with Crippen molar-refractivity contribution >= 4 is 28.2 Å². The minimum atomic E-state index is -5.38. The first kappa shape index (κ1) is 19.2. The molecule has 0 unspecified atom stereocenters. The molecule has 2 rings (SSSR count). The maximum Gasteiger partial charge on any atom is 0.455 e. The molecule has 0 aliphatic rings. The summed E-state index contributed by atoms with van der Waals surface area (Å²) in [6, 6.07) is 2.66. The largest absolute Gasteiger partial charge is 0.455 e. The van der Waals surface area contributed by atoms with Gasteiger partial charge < -0.3 is 11.0 Å². The van der Waals surface area contributed by atoms with Gasteiger partial charge in [-0.15, -0.1) is 6.20 Å². The molecule has 4 nitrogen and oxygen atoms in total. The lowest BCUT2D eigenvalue weighted by Crippen LogP contribution is -2.28. The highest BCUT2D eigenvalue weighted by atomic mass is 19.4. The van der Waals surface area contributed by atoms with Crippen LogP contribution in [0.1, 0.15) is 20.7 Å². The van der Waals surface area contributed by atoms with Gasteiger partial charge in [0.05, 0.1) is 10.9 Å². The number of carbonyl (C=O) groups excluding carboxylic acids is 2. The fourth-order valence-electron chi connectivity index (χ4n) is 2.23. The number of anilines is 1. The van der Waals surface area contributed by atoms with Gasteiger partial charge in [-0.05, 0) is 12.1 Å². The van der Waals surface area contributed by atoms with Gasteiger partial charge in [-0.25, -0.2) is 11.6 Å². The Balaban J connectivity index is 2.93. The number of alkyl halides is 6. The highest BCUT2D eigenvalue weighted by Crippen LogP contribution is 2.35. The van der Waals surface area contributed by atoms with Crippen LogP contribution in [0.25, 0.3) is 10.9 Å². The number of pyridine rings is 1. The fraction of sp³-hybridized carbons (Fsp3) is 0.125. The quantitative estimate of drug-likeness (QED) is 0.385. The maximum absolute atomic E-state index is 12.9. The van der Waals surface area contributed by atoms with Crippen molar-refractivity contribution < 1.29 is 40.9 Å². The molecule has 0 saturated heterocycles. The average Bonchev–Trinajstić information content (AvgIpc) is 2.56. The number of hydrogen-bond acceptors (Lipinski definition) is 3. The molecule has 2 aromatic rings. The van der Waals surface area contributed by atoms with Gasteiger partial charge in [0.1, 0.15) is 5.56 Å². The fourth-order valence-corrected chi connectivity index (χ4v) is 2.23. The zero-order valence-electron chi connectivity index (χ0n) is 12.5. The first-order chi connectivity index (χ1) is 12.0. The number of Topliss-reactive ketones (excluding diaryl/α,β-unsaturated/α-hetero) is 2. The highest BCUT2D eigenvalue weighted by molar-refractivity contribution is 6.17. The third kappa shape index (κ3) is 3.60. The number of rotatable bonds is 4. The molecule has 0 amide bonds. The molecule has 0 atom stereocenters. The smallest absolute Gasteiger partial charge is 0.432 e. The van der Waals surface area contributed by atoms with Crippen LogP contribution in [0.4, 0.5) is 32.0 Å². The molecule has 0 bridgehead atoms. The number of ketones is 2. The molecule has 10 heteroatoms. The van der Waals surface area contributed by atoms with Crippen LogP contribution in [0.2, 0.25) is 0 Å². The summed E-state index contributed by atoms with van der Waals surface area (Å²) in [6.07, 6.45) is -8.69. The van der Waals surface area contributed by atoms with E-state index in [9.17, 15) is 35.9 Å². The number of hydrogen-bond donors (Lipinski definition) is 1. The van der Waals surface area contributed by atoms with E-state index >= 15 is 0 Å². The number of halogens is 6. The van der Waals surface area contributed by atoms with Crippen LogP contribution >= 0.6 is 0 Å². The van der Waals surface area contributed by atoms with E-state index in [1.807, 2.05) is 5.73 Å². The number of H-pyrrole nitrogens is 1. The SMILES string of the molecule is [CH-]=C=CNc1c(C(=O)C(F)(F)F)cc(C(=O)C(F)(F)F)c2[nH+]cccc12. The molecule has 136 valence electrons. The number of benzene rings is 1. The molecule has 0 fully saturated rings. The monoisotopic (exact) mass is 374 g/mol. The van der Waals surface area contributed by atoms with Crippen LogP contribution in [0, 0.1) is 6.58 Å². The Morgan fingerprint density at radius 2 is 1.65 bits per heavy atom. The number of nitrogens with one attached hydrogen (secondary N) is 2. The molecule has 0 aliphatic carbocycles. The molecule has 2 N–H and O–H groups in total. The molecule has 0 aliphatic heterocycles. The molecule has 0 saturated carbocycles. The Bertz CT molecular complexity index is 940. The van der Waals surface area contributed by atoms with Crippen LogP contribution in [0.3, 0.4) is 0 Å². The number of aromatic amines is 1. The Morgan fingerprint density at radius 3 is 2.19 bits per heavy atom. The molecule has 1 heterocycles. The van der Waals surface area contributed by atoms with Crippen molar-refractivity contribution in [3.63, 3.8) is 0 Å². The van der Waals surface area contributed by atoms with E-state index in [0.29, 0.717) is 0 Å². The van der Waals surface area contributed by atoms with Gasteiger partial charge in [0.25, 0.3) is 11.6 Å². The van der Waals surface area contributed by atoms with Crippen LogP contribution in [-0.2, 0) is 0 Å². The zero-order valence-corrected chi connectivity index (χ0v) is 12.5. The van der Waals surface area contributed by atoms with E-state index in [2.05, 4.69) is 10.3 Å². The van der Waals surface area contributed by atoms with Gasteiger partial charge in [0.2, 0.25) is 5.52 Å². The first-order valence-corrected chi connectivity index (χ1v) is 6.73. The van der Waals surface area contributed by atoms with Crippen molar-refractivity contribution in [2.45, 2.75) is 12.4 Å². The summed E-state index contributed by atoms with van der Waals surface area (Å²) in [4.78, 5) is 25.7. The molecule has 1 aromatic heterocycles. The van der Waals surface area contributed by atoms with Crippen molar-refractivity contribution in [1.82, 2.24) is 0 Å². The average molecular weight is 374 g/mol. The minimum absolute atomic E-state index is 0.247. The predicted molar refractivity (Wildman–Crippen MR) is 77.3 cm³/mol. The van der Waals surface area contributed by atoms with Crippen LogP contribution < -0.4 is 10.3 Å². The predicted octanol–water partition coefficient (Wildman–Crippen LogP) is 3.66. The third-order valence-corrected chi connectivity index (χ3v) is 3.26. The summed E-state index contributed by atoms with van der Waals surface area (Å²) in [5.41, 5.74) is -1.20. The summed E-state index contributed by atoms with van der Waals surface area (Å²) in [7, 11) is 0. The summed E-state index contributed by atoms with van der Waals surface area (Å²) in [5, 5.41) is 2.02. The van der Waals surface area contributed by atoms with E-state index in [-0.39, 0.29) is 11.5 Å². The van der Waals surface area contributed by atoms with Crippen molar-refractivity contribution in [2.24, 2.45) is 0 Å². The number of fused-ring (bicyclic) bond motifs is 1. The second-order valence-corrected chi connectivity index (χ2v) is 4.91. The van der Waals surface area contributed by atoms with Gasteiger partial charge in [-0.2, -0.15) is 26.3 Å². The second kappa shape index (κ2) is 6.64. The van der Waals surface area contributed by atoms with Crippen LogP contribution in [0.5, 0.6) is 0 Å². The van der Waals surface area contributed by atoms with Gasteiger partial charge in [-0.1, -0.05) is 0 Å². The van der Waals surface area contributed by atoms with Gasteiger partial charge in [0, 0.05) is 11.8 Å². The standard InChI is InChI=1S/C16H7F6N2O2/c1-2-5-23-11-8-4-3-6-24-12(8)10(14(26)16(20,21)22)7-9(11)13(25)15(17,18)19/h1,3-7,23H/q-1/p+1. The number of aromatic nitrogens is 1. The summed E-state index contributed by atoms with van der Waals surface area (Å²) in [6.45, 7) is 4.98. The molecule has 26 heavy (non-hydrogen) atoms. The lowest BCUT2D eigenvalue weighted by Gasteiger charge is -2.16. The van der Waals surface area contributed by atoms with Gasteiger partial charge in [-0.3, -0.25) is 9.59 Å². The number of carbonyl (C=O) groups is 2. The van der Waals surface area contributed by atoms with Gasteiger partial charge >= 0.3 is 12.4 Å². The second-order valence-electron chi connectivity index (χ2n) is 4.91. The van der Waals surface area contributed by atoms with Gasteiger partial charge in [0.15, 0.2) is 6.20 Å². The first-order valence-electron chi connectivity index (χ1n) is 6.73. The zero-order chi connectivity index (χ0) is 19.7. The lowest BCUT2D eigenvalue weighted by molar-refractivity contribution is -0.344. The topological polar surface area (TPSA) is 60.3 Å². The molecular weight excluding hydrogens is 366 g/mol. The van der Waals surface area contributed by atoms with E-state index in [4.69, 9.17) is 6.58 Å². The Kier molecular flexibility index (Phi) is 4.90. The van der Waals surface area contributed by atoms with Crippen LogP contribution in [0.15, 0.2) is 36.3 Å². The molecule has 0 radical (unpaired) electrons. The Hall–Kier alpha value is -3.13. The van der Waals surface area contributed by atoms with E-state index < -0.39 is 46.3 Å². The third-order valence-electron chi connectivity index (χ3n) is 3.26. The van der Waals surface area contributed by atoms with E-state index in [1.54, 1.807) is 0 Å². The normalized spacial score (nSPS) is 11.8.